The second kappa shape index (κ2) is 10.3. The summed E-state index contributed by atoms with van der Waals surface area (Å²) in [7, 11) is 2.55. The van der Waals surface area contributed by atoms with E-state index in [4.69, 9.17) is 21.7 Å². The molecule has 0 saturated heterocycles. The number of rotatable bonds is 5. The Labute approximate surface area is 214 Å². The van der Waals surface area contributed by atoms with E-state index >= 15 is 0 Å². The van der Waals surface area contributed by atoms with Crippen LogP contribution in [0.5, 0.6) is 0 Å². The third-order valence-corrected chi connectivity index (χ3v) is 9.36. The lowest BCUT2D eigenvalue weighted by molar-refractivity contribution is -0.138. The number of methoxy groups -OCH3 is 2. The van der Waals surface area contributed by atoms with Crippen molar-refractivity contribution in [1.29, 1.82) is 0 Å². The first-order chi connectivity index (χ1) is 16.0. The molecule has 6 nitrogen and oxygen atoms in total. The number of amides is 1. The van der Waals surface area contributed by atoms with Crippen LogP contribution >= 0.6 is 35.7 Å². The summed E-state index contributed by atoms with van der Waals surface area (Å²) in [4.78, 5) is 41.3. The lowest BCUT2D eigenvalue weighted by atomic mass is 9.81. The molecule has 0 saturated carbocycles. The zero-order valence-corrected chi connectivity index (χ0v) is 22.9. The maximum atomic E-state index is 13.7. The first kappa shape index (κ1) is 26.5. The van der Waals surface area contributed by atoms with Crippen LogP contribution in [-0.2, 0) is 23.9 Å². The molecule has 9 heteroatoms. The number of thioether (sulfide) groups is 2. The number of nitrogens with zero attached hydrogens (tertiary/aromatic N) is 1. The number of aryl methyl sites for hydroxylation is 1. The molecule has 0 spiro atoms. The molecule has 0 N–H and O–H groups in total. The zero-order chi connectivity index (χ0) is 25.4. The summed E-state index contributed by atoms with van der Waals surface area (Å²) in [6.07, 6.45) is 1.48. The summed E-state index contributed by atoms with van der Waals surface area (Å²) in [5, 5.41) is 0. The first-order valence-electron chi connectivity index (χ1n) is 11.0. The van der Waals surface area contributed by atoms with Gasteiger partial charge in [0, 0.05) is 17.1 Å². The van der Waals surface area contributed by atoms with E-state index < -0.39 is 17.5 Å². The average molecular weight is 520 g/mol. The van der Waals surface area contributed by atoms with Crippen molar-refractivity contribution in [3.8, 4) is 0 Å². The highest BCUT2D eigenvalue weighted by molar-refractivity contribution is 8.29. The van der Waals surface area contributed by atoms with Gasteiger partial charge in [0.15, 0.2) is 0 Å². The minimum atomic E-state index is -0.792. The van der Waals surface area contributed by atoms with E-state index in [0.717, 1.165) is 58.8 Å². The van der Waals surface area contributed by atoms with Crippen LogP contribution < -0.4 is 4.90 Å². The van der Waals surface area contributed by atoms with Crippen LogP contribution in [0.4, 0.5) is 5.69 Å². The van der Waals surface area contributed by atoms with Crippen LogP contribution in [-0.4, -0.2) is 42.5 Å². The molecule has 0 fully saturated rings. The maximum Gasteiger partial charge on any atom is 0.346 e. The molecule has 0 unspecified atom stereocenters. The van der Waals surface area contributed by atoms with Gasteiger partial charge in [0.2, 0.25) is 5.91 Å². The fourth-order valence-corrected chi connectivity index (χ4v) is 7.18. The zero-order valence-electron chi connectivity index (χ0n) is 20.4. The summed E-state index contributed by atoms with van der Waals surface area (Å²) < 4.78 is 10.5. The SMILES string of the molecule is CCC(CC)C(=O)N1c2ccc(C)cc2C(=C2SC(C(=O)OC)=C(C(=O)OC)S2)C(=S)C1(C)C. The van der Waals surface area contributed by atoms with E-state index in [0.29, 0.717) is 9.10 Å². The fraction of sp³-hybridized carbons (Fsp3) is 0.440. The number of thiocarbonyl (C=S) groups is 1. The van der Waals surface area contributed by atoms with E-state index in [9.17, 15) is 14.4 Å². The molecule has 0 radical (unpaired) electrons. The van der Waals surface area contributed by atoms with Gasteiger partial charge in [-0.2, -0.15) is 0 Å². The Hall–Kier alpha value is -2.10. The third-order valence-electron chi connectivity index (χ3n) is 6.10. The van der Waals surface area contributed by atoms with Crippen LogP contribution in [0.1, 0.15) is 51.7 Å². The number of fused-ring (bicyclic) bond motifs is 1. The Kier molecular flexibility index (Phi) is 7.99. The Morgan fingerprint density at radius 2 is 1.56 bits per heavy atom. The van der Waals surface area contributed by atoms with Crippen molar-refractivity contribution >= 4 is 69.7 Å². The van der Waals surface area contributed by atoms with Crippen molar-refractivity contribution < 1.29 is 23.9 Å². The van der Waals surface area contributed by atoms with Crippen LogP contribution in [0.3, 0.4) is 0 Å². The van der Waals surface area contributed by atoms with Gasteiger partial charge in [-0.05, 0) is 45.7 Å². The molecule has 1 amide bonds. The Bertz CT molecular complexity index is 1100. The summed E-state index contributed by atoms with van der Waals surface area (Å²) >= 11 is 8.32. The second-order valence-corrected chi connectivity index (χ2v) is 11.3. The van der Waals surface area contributed by atoms with E-state index in [1.165, 1.54) is 14.2 Å². The van der Waals surface area contributed by atoms with Crippen LogP contribution in [0.25, 0.3) is 5.57 Å². The van der Waals surface area contributed by atoms with E-state index in [-0.39, 0.29) is 21.6 Å². The van der Waals surface area contributed by atoms with Crippen molar-refractivity contribution in [1.82, 2.24) is 0 Å². The van der Waals surface area contributed by atoms with Gasteiger partial charge in [-0.1, -0.05) is 61.2 Å². The molecule has 2 aliphatic rings. The van der Waals surface area contributed by atoms with Crippen molar-refractivity contribution in [2.45, 2.75) is 53.0 Å². The number of anilines is 1. The molecule has 0 aliphatic carbocycles. The van der Waals surface area contributed by atoms with Gasteiger partial charge < -0.3 is 14.4 Å². The third kappa shape index (κ3) is 4.45. The van der Waals surface area contributed by atoms with Crippen LogP contribution in [0.2, 0.25) is 0 Å². The van der Waals surface area contributed by atoms with Gasteiger partial charge in [-0.25, -0.2) is 9.59 Å². The summed E-state index contributed by atoms with van der Waals surface area (Å²) in [5.41, 5.74) is 2.56. The van der Waals surface area contributed by atoms with Gasteiger partial charge in [-0.3, -0.25) is 4.79 Å². The smallest absolute Gasteiger partial charge is 0.346 e. The summed E-state index contributed by atoms with van der Waals surface area (Å²) in [6.45, 7) is 9.90. The van der Waals surface area contributed by atoms with Crippen molar-refractivity contribution in [2.24, 2.45) is 5.92 Å². The molecule has 34 heavy (non-hydrogen) atoms. The molecular weight excluding hydrogens is 490 g/mol. The molecule has 2 heterocycles. The number of carbonyl (C=O) groups is 3. The summed E-state index contributed by atoms with van der Waals surface area (Å²) in [5.74, 6) is -1.28. The lowest BCUT2D eigenvalue weighted by Crippen LogP contribution is -2.57. The van der Waals surface area contributed by atoms with Gasteiger partial charge in [0.25, 0.3) is 0 Å². The maximum absolute atomic E-state index is 13.7. The molecule has 2 aliphatic heterocycles. The van der Waals surface area contributed by atoms with E-state index in [1.807, 2.05) is 57.7 Å². The van der Waals surface area contributed by atoms with Gasteiger partial charge >= 0.3 is 11.9 Å². The topological polar surface area (TPSA) is 72.9 Å². The van der Waals surface area contributed by atoms with Crippen LogP contribution in [0.15, 0.2) is 32.2 Å². The minimum Gasteiger partial charge on any atom is -0.465 e. The number of hydrogen-bond donors (Lipinski definition) is 0. The Morgan fingerprint density at radius 3 is 2.03 bits per heavy atom. The highest BCUT2D eigenvalue weighted by atomic mass is 32.2. The highest BCUT2D eigenvalue weighted by Gasteiger charge is 2.47. The molecule has 0 aromatic heterocycles. The average Bonchev–Trinajstić information content (AvgIpc) is 3.24. The van der Waals surface area contributed by atoms with Gasteiger partial charge in [0.05, 0.1) is 34.5 Å². The summed E-state index contributed by atoms with van der Waals surface area (Å²) in [6, 6.07) is 5.93. The highest BCUT2D eigenvalue weighted by Crippen LogP contribution is 2.56. The van der Waals surface area contributed by atoms with Crippen molar-refractivity contribution in [2.75, 3.05) is 19.1 Å². The van der Waals surface area contributed by atoms with E-state index in [1.54, 1.807) is 0 Å². The minimum absolute atomic E-state index is 0.0434. The second-order valence-electron chi connectivity index (χ2n) is 8.60. The molecule has 0 atom stereocenters. The normalized spacial score (nSPS) is 17.3. The van der Waals surface area contributed by atoms with Gasteiger partial charge in [-0.15, -0.1) is 0 Å². The van der Waals surface area contributed by atoms with Crippen molar-refractivity contribution in [3.05, 3.63) is 43.4 Å². The molecule has 1 aromatic carbocycles. The first-order valence-corrected chi connectivity index (χ1v) is 13.1. The lowest BCUT2D eigenvalue weighted by Gasteiger charge is -2.46. The monoisotopic (exact) mass is 519 g/mol. The van der Waals surface area contributed by atoms with Crippen molar-refractivity contribution in [3.63, 3.8) is 0 Å². The molecule has 1 aromatic rings. The van der Waals surface area contributed by atoms with Crippen LogP contribution in [0, 0.1) is 12.8 Å². The number of esters is 2. The predicted molar refractivity (Wildman–Crippen MR) is 143 cm³/mol. The molecular formula is C25H29NO5S3. The number of hydrogen-bond acceptors (Lipinski definition) is 8. The molecule has 182 valence electrons. The number of ether oxygens (including phenoxy) is 2. The van der Waals surface area contributed by atoms with Gasteiger partial charge in [0.1, 0.15) is 9.81 Å². The predicted octanol–water partition coefficient (Wildman–Crippen LogP) is 5.63. The Morgan fingerprint density at radius 1 is 1.03 bits per heavy atom. The van der Waals surface area contributed by atoms with E-state index in [2.05, 4.69) is 0 Å². The standard InChI is InChI=1S/C25H29NO5S3/c1-8-14(9-2)21(27)26-16-11-10-13(3)12-15(16)17(20(32)25(26,4)5)24-33-18(22(28)30-6)19(34-24)23(29)31-7/h10-12,14H,8-9H2,1-7H3. The quantitative estimate of drug-likeness (QED) is 0.281. The number of benzene rings is 1. The largest absolute Gasteiger partial charge is 0.465 e. The number of carbonyl (C=O) groups excluding carboxylic acids is 3. The fourth-order valence-electron chi connectivity index (χ4n) is 4.15. The Balaban J connectivity index is 2.25. The molecule has 3 rings (SSSR count). The molecule has 0 bridgehead atoms.